The Balaban J connectivity index is 2.57. The zero-order valence-electron chi connectivity index (χ0n) is 12.8. The van der Waals surface area contributed by atoms with Crippen molar-refractivity contribution in [3.63, 3.8) is 0 Å². The third-order valence-electron chi connectivity index (χ3n) is 3.27. The van der Waals surface area contributed by atoms with E-state index in [1.807, 2.05) is 6.92 Å². The number of thiocarbonyl (C=S) groups is 1. The number of benzene rings is 1. The van der Waals surface area contributed by atoms with Gasteiger partial charge in [-0.25, -0.2) is 4.79 Å². The topological polar surface area (TPSA) is 76.1 Å². The number of ether oxygens (including phenoxy) is 2. The van der Waals surface area contributed by atoms with E-state index in [4.69, 9.17) is 21.7 Å². The van der Waals surface area contributed by atoms with Crippen molar-refractivity contribution in [1.29, 1.82) is 0 Å². The van der Waals surface area contributed by atoms with Crippen LogP contribution in [0.25, 0.3) is 6.08 Å². The van der Waals surface area contributed by atoms with E-state index in [1.165, 1.54) is 25.2 Å². The molecule has 122 valence electrons. The molecule has 1 amide bonds. The summed E-state index contributed by atoms with van der Waals surface area (Å²) >= 11 is 6.30. The van der Waals surface area contributed by atoms with Crippen molar-refractivity contribution < 1.29 is 24.2 Å². The summed E-state index contributed by atoms with van der Waals surface area (Å²) < 4.78 is 10.7. The maximum Gasteiger partial charge on any atom is 0.340 e. The molecule has 0 atom stereocenters. The number of rotatable bonds is 5. The molecule has 0 saturated carbocycles. The standard InChI is InChI=1S/C15H15NO5S2/c1-4-16-13(17)10(23-15(16)22)7-8-5-6-9(20-2)12(21-3)11(8)14(18)19/h5-7H,4H2,1-3H3,(H,18,19)/b10-7-. The Bertz CT molecular complexity index is 714. The van der Waals surface area contributed by atoms with Crippen LogP contribution in [0.3, 0.4) is 0 Å². The van der Waals surface area contributed by atoms with Gasteiger partial charge in [-0.1, -0.05) is 30.0 Å². The van der Waals surface area contributed by atoms with E-state index in [-0.39, 0.29) is 17.2 Å². The molecular weight excluding hydrogens is 338 g/mol. The van der Waals surface area contributed by atoms with Gasteiger partial charge in [-0.05, 0) is 24.6 Å². The first-order chi connectivity index (χ1) is 10.9. The van der Waals surface area contributed by atoms with Gasteiger partial charge in [0.15, 0.2) is 11.5 Å². The van der Waals surface area contributed by atoms with Gasteiger partial charge in [-0.3, -0.25) is 9.69 Å². The number of methoxy groups -OCH3 is 2. The Kier molecular flexibility index (Phi) is 5.27. The lowest BCUT2D eigenvalue weighted by Crippen LogP contribution is -2.27. The summed E-state index contributed by atoms with van der Waals surface area (Å²) in [6.07, 6.45) is 1.51. The minimum absolute atomic E-state index is 0.0615. The van der Waals surface area contributed by atoms with E-state index in [0.717, 1.165) is 11.8 Å². The number of hydrogen-bond acceptors (Lipinski definition) is 6. The summed E-state index contributed by atoms with van der Waals surface area (Å²) in [6, 6.07) is 3.17. The summed E-state index contributed by atoms with van der Waals surface area (Å²) in [4.78, 5) is 25.7. The Labute approximate surface area is 143 Å². The molecule has 1 heterocycles. The van der Waals surface area contributed by atoms with Crippen LogP contribution in [0.2, 0.25) is 0 Å². The van der Waals surface area contributed by atoms with Gasteiger partial charge in [0.2, 0.25) is 0 Å². The zero-order chi connectivity index (χ0) is 17.1. The van der Waals surface area contributed by atoms with E-state index < -0.39 is 5.97 Å². The Morgan fingerprint density at radius 3 is 2.57 bits per heavy atom. The molecule has 2 rings (SSSR count). The van der Waals surface area contributed by atoms with Crippen LogP contribution >= 0.6 is 24.0 Å². The average molecular weight is 353 g/mol. The second-order valence-corrected chi connectivity index (χ2v) is 6.17. The van der Waals surface area contributed by atoms with Crippen LogP contribution in [-0.2, 0) is 4.79 Å². The highest BCUT2D eigenvalue weighted by atomic mass is 32.2. The predicted octanol–water partition coefficient (Wildman–Crippen LogP) is 2.62. The van der Waals surface area contributed by atoms with Gasteiger partial charge >= 0.3 is 5.97 Å². The maximum atomic E-state index is 12.3. The molecule has 6 nitrogen and oxygen atoms in total. The fraction of sp³-hybridized carbons (Fsp3) is 0.267. The quantitative estimate of drug-likeness (QED) is 0.644. The molecular formula is C15H15NO5S2. The number of nitrogens with zero attached hydrogens (tertiary/aromatic N) is 1. The van der Waals surface area contributed by atoms with Gasteiger partial charge in [0.25, 0.3) is 5.91 Å². The summed E-state index contributed by atoms with van der Waals surface area (Å²) in [5, 5.41) is 9.49. The molecule has 0 aromatic heterocycles. The Morgan fingerprint density at radius 1 is 1.39 bits per heavy atom. The molecule has 1 saturated heterocycles. The highest BCUT2D eigenvalue weighted by Gasteiger charge is 2.31. The van der Waals surface area contributed by atoms with Crippen molar-refractivity contribution in [2.75, 3.05) is 20.8 Å². The Morgan fingerprint density at radius 2 is 2.09 bits per heavy atom. The van der Waals surface area contributed by atoms with Crippen LogP contribution in [0.5, 0.6) is 11.5 Å². The highest BCUT2D eigenvalue weighted by molar-refractivity contribution is 8.26. The Hall–Kier alpha value is -2.06. The fourth-order valence-corrected chi connectivity index (χ4v) is 3.57. The van der Waals surface area contributed by atoms with Gasteiger partial charge < -0.3 is 14.6 Å². The number of amides is 1. The predicted molar refractivity (Wildman–Crippen MR) is 92.1 cm³/mol. The maximum absolute atomic E-state index is 12.3. The number of hydrogen-bond donors (Lipinski definition) is 1. The first-order valence-corrected chi connectivity index (χ1v) is 7.90. The van der Waals surface area contributed by atoms with Crippen molar-refractivity contribution in [2.24, 2.45) is 0 Å². The summed E-state index contributed by atoms with van der Waals surface area (Å²) in [6.45, 7) is 2.30. The lowest BCUT2D eigenvalue weighted by molar-refractivity contribution is -0.121. The van der Waals surface area contributed by atoms with Crippen LogP contribution < -0.4 is 9.47 Å². The van der Waals surface area contributed by atoms with Gasteiger partial charge in [-0.15, -0.1) is 0 Å². The van der Waals surface area contributed by atoms with E-state index in [9.17, 15) is 14.7 Å². The summed E-state index contributed by atoms with van der Waals surface area (Å²) in [5.74, 6) is -0.977. The number of carbonyl (C=O) groups excluding carboxylic acids is 1. The van der Waals surface area contributed by atoms with E-state index in [1.54, 1.807) is 12.1 Å². The third-order valence-corrected chi connectivity index (χ3v) is 4.65. The molecule has 8 heteroatoms. The van der Waals surface area contributed by atoms with Gasteiger partial charge in [0.05, 0.1) is 19.1 Å². The number of carboxylic acid groups (broad SMARTS) is 1. The van der Waals surface area contributed by atoms with Crippen LogP contribution in [0.4, 0.5) is 0 Å². The van der Waals surface area contributed by atoms with E-state index in [0.29, 0.717) is 27.1 Å². The third kappa shape index (κ3) is 3.18. The lowest BCUT2D eigenvalue weighted by atomic mass is 10.0. The number of carboxylic acids is 1. The average Bonchev–Trinajstić information content (AvgIpc) is 2.79. The van der Waals surface area contributed by atoms with Crippen molar-refractivity contribution in [3.05, 3.63) is 28.2 Å². The molecule has 1 fully saturated rings. The van der Waals surface area contributed by atoms with Crippen molar-refractivity contribution in [3.8, 4) is 11.5 Å². The number of carbonyl (C=O) groups is 2. The number of thioether (sulfide) groups is 1. The zero-order valence-corrected chi connectivity index (χ0v) is 14.4. The number of aromatic carboxylic acids is 1. The van der Waals surface area contributed by atoms with Crippen LogP contribution in [0.15, 0.2) is 17.0 Å². The molecule has 0 aliphatic carbocycles. The monoisotopic (exact) mass is 353 g/mol. The minimum atomic E-state index is -1.17. The van der Waals surface area contributed by atoms with Crippen LogP contribution in [0, 0.1) is 0 Å². The van der Waals surface area contributed by atoms with Gasteiger partial charge in [-0.2, -0.15) is 0 Å². The summed E-state index contributed by atoms with van der Waals surface area (Å²) in [5.41, 5.74) is 0.292. The van der Waals surface area contributed by atoms with Gasteiger partial charge in [0.1, 0.15) is 9.88 Å². The van der Waals surface area contributed by atoms with Gasteiger partial charge in [0, 0.05) is 6.54 Å². The van der Waals surface area contributed by atoms with Crippen LogP contribution in [-0.4, -0.2) is 47.0 Å². The number of likely N-dealkylation sites (N-methyl/N-ethyl adjacent to an activating group) is 1. The van der Waals surface area contributed by atoms with E-state index >= 15 is 0 Å². The second kappa shape index (κ2) is 7.01. The highest BCUT2D eigenvalue weighted by Crippen LogP contribution is 2.37. The first-order valence-electron chi connectivity index (χ1n) is 6.68. The molecule has 0 radical (unpaired) electrons. The molecule has 0 bridgehead atoms. The molecule has 1 aliphatic rings. The molecule has 23 heavy (non-hydrogen) atoms. The SMILES string of the molecule is CCN1C(=O)/C(=C/c2ccc(OC)c(OC)c2C(=O)O)SC1=S. The molecule has 0 spiro atoms. The van der Waals surface area contributed by atoms with Crippen molar-refractivity contribution >= 4 is 46.3 Å². The van der Waals surface area contributed by atoms with Crippen LogP contribution in [0.1, 0.15) is 22.8 Å². The van der Waals surface area contributed by atoms with E-state index in [2.05, 4.69) is 0 Å². The largest absolute Gasteiger partial charge is 0.493 e. The van der Waals surface area contributed by atoms with Crippen molar-refractivity contribution in [1.82, 2.24) is 4.90 Å². The molecule has 1 aromatic carbocycles. The molecule has 1 aliphatic heterocycles. The summed E-state index contributed by atoms with van der Waals surface area (Å²) in [7, 11) is 2.79. The smallest absolute Gasteiger partial charge is 0.340 e. The molecule has 0 unspecified atom stereocenters. The lowest BCUT2D eigenvalue weighted by Gasteiger charge is -2.13. The normalized spacial score (nSPS) is 16.1. The first kappa shape index (κ1) is 17.3. The molecule has 1 aromatic rings. The second-order valence-electron chi connectivity index (χ2n) is 4.50. The fourth-order valence-electron chi connectivity index (χ4n) is 2.20. The molecule has 1 N–H and O–H groups in total. The van der Waals surface area contributed by atoms with Crippen molar-refractivity contribution in [2.45, 2.75) is 6.92 Å². The minimum Gasteiger partial charge on any atom is -0.493 e.